The Morgan fingerprint density at radius 3 is 2.42 bits per heavy atom. The number of imidazole rings is 1. The van der Waals surface area contributed by atoms with Gasteiger partial charge in [0, 0.05) is 19.1 Å². The van der Waals surface area contributed by atoms with E-state index in [1.807, 2.05) is 6.07 Å². The summed E-state index contributed by atoms with van der Waals surface area (Å²) in [6.45, 7) is 0. The van der Waals surface area contributed by atoms with Crippen LogP contribution in [0.25, 0.3) is 0 Å². The second-order valence-corrected chi connectivity index (χ2v) is 5.83. The molecule has 0 aliphatic carbocycles. The zero-order valence-corrected chi connectivity index (χ0v) is 13.7. The zero-order chi connectivity index (χ0) is 17.6. The minimum Gasteiger partial charge on any atom is -0.421 e. The molecule has 0 saturated carbocycles. The highest BCUT2D eigenvalue weighted by Crippen LogP contribution is 2.36. The third-order valence-electron chi connectivity index (χ3n) is 4.00. The molecule has 1 unspecified atom stereocenters. The Kier molecular flexibility index (Phi) is 3.70. The first kappa shape index (κ1) is 15.9. The number of carbonyl (C=O) groups is 1. The van der Waals surface area contributed by atoms with Crippen molar-refractivity contribution in [2.45, 2.75) is 5.92 Å². The highest BCUT2D eigenvalue weighted by molar-refractivity contribution is 6.30. The van der Waals surface area contributed by atoms with Gasteiger partial charge in [-0.25, -0.2) is 4.79 Å². The minimum atomic E-state index is -0.971. The van der Waals surface area contributed by atoms with E-state index in [4.69, 9.17) is 22.1 Å². The van der Waals surface area contributed by atoms with Crippen LogP contribution in [-0.2, 0) is 14.1 Å². The number of carbonyl (C=O) groups excluding carboxylic acids is 1. The van der Waals surface area contributed by atoms with Gasteiger partial charge in [-0.05, 0) is 17.7 Å². The molecule has 2 aromatic rings. The van der Waals surface area contributed by atoms with Gasteiger partial charge in [-0.2, -0.15) is 5.26 Å². The number of Topliss-reactive ketones (excluding diaryl/α,β-unsaturated/α-hetero) is 1. The molecule has 1 atom stereocenters. The lowest BCUT2D eigenvalue weighted by molar-refractivity contribution is 0.0966. The van der Waals surface area contributed by atoms with Crippen molar-refractivity contribution in [2.75, 3.05) is 0 Å². The number of nitrogens with two attached hydrogens (primary N) is 1. The highest BCUT2D eigenvalue weighted by atomic mass is 35.5. The second kappa shape index (κ2) is 5.58. The van der Waals surface area contributed by atoms with Crippen molar-refractivity contribution in [3.05, 3.63) is 62.5 Å². The third-order valence-corrected chi connectivity index (χ3v) is 4.25. The van der Waals surface area contributed by atoms with Gasteiger partial charge in [0.15, 0.2) is 11.5 Å². The quantitative estimate of drug-likeness (QED) is 0.842. The van der Waals surface area contributed by atoms with Crippen LogP contribution in [-0.4, -0.2) is 14.9 Å². The summed E-state index contributed by atoms with van der Waals surface area (Å²) in [4.78, 5) is 25.2. The molecule has 7 nitrogen and oxygen atoms in total. The molecule has 0 bridgehead atoms. The van der Waals surface area contributed by atoms with Crippen molar-refractivity contribution in [3.8, 4) is 11.9 Å². The van der Waals surface area contributed by atoms with Gasteiger partial charge in [-0.15, -0.1) is 0 Å². The van der Waals surface area contributed by atoms with E-state index < -0.39 is 17.4 Å². The lowest BCUT2D eigenvalue weighted by Gasteiger charge is -2.14. The van der Waals surface area contributed by atoms with Crippen LogP contribution in [0.5, 0.6) is 5.88 Å². The maximum absolute atomic E-state index is 13.1. The number of nitrogens with zero attached hydrogens (tertiary/aromatic N) is 3. The number of fused-ring (bicyclic) bond motifs is 1. The summed E-state index contributed by atoms with van der Waals surface area (Å²) < 4.78 is 7.84. The Bertz CT molecular complexity index is 976. The van der Waals surface area contributed by atoms with E-state index >= 15 is 0 Å². The van der Waals surface area contributed by atoms with Crippen molar-refractivity contribution >= 4 is 17.4 Å². The van der Waals surface area contributed by atoms with Crippen molar-refractivity contribution in [1.29, 1.82) is 5.26 Å². The van der Waals surface area contributed by atoms with Crippen molar-refractivity contribution in [3.63, 3.8) is 0 Å². The Balaban J connectivity index is 2.30. The van der Waals surface area contributed by atoms with Crippen LogP contribution in [0.1, 0.15) is 22.0 Å². The molecular formula is C16H13ClN4O3. The average Bonchev–Trinajstić information content (AvgIpc) is 2.70. The molecule has 0 amide bonds. The molecular weight excluding hydrogens is 332 g/mol. The van der Waals surface area contributed by atoms with Crippen LogP contribution in [0.4, 0.5) is 0 Å². The largest absolute Gasteiger partial charge is 0.421 e. The summed E-state index contributed by atoms with van der Waals surface area (Å²) in [5.74, 6) is -1.59. The van der Waals surface area contributed by atoms with Crippen LogP contribution in [0.2, 0.25) is 5.02 Å². The van der Waals surface area contributed by atoms with Crippen LogP contribution >= 0.6 is 11.6 Å². The summed E-state index contributed by atoms with van der Waals surface area (Å²) >= 11 is 5.89. The van der Waals surface area contributed by atoms with Gasteiger partial charge >= 0.3 is 5.69 Å². The number of allylic oxidation sites excluding steroid dienone is 1. The summed E-state index contributed by atoms with van der Waals surface area (Å²) in [6.07, 6.45) is 0. The molecule has 8 heteroatoms. The fraction of sp³-hybridized carbons (Fsp3) is 0.188. The predicted molar refractivity (Wildman–Crippen MR) is 86.6 cm³/mol. The molecule has 0 spiro atoms. The topological polar surface area (TPSA) is 103 Å². The van der Waals surface area contributed by atoms with Crippen molar-refractivity contribution < 1.29 is 9.53 Å². The fourth-order valence-corrected chi connectivity index (χ4v) is 2.89. The number of benzene rings is 1. The first-order valence-electron chi connectivity index (χ1n) is 6.99. The third kappa shape index (κ3) is 2.20. The van der Waals surface area contributed by atoms with Gasteiger partial charge in [0.25, 0.3) is 0 Å². The Hall–Kier alpha value is -2.98. The van der Waals surface area contributed by atoms with E-state index in [-0.39, 0.29) is 23.0 Å². The number of ether oxygens (including phenoxy) is 1. The van der Waals surface area contributed by atoms with E-state index in [1.165, 1.54) is 23.2 Å². The normalized spacial score (nSPS) is 17.1. The smallest absolute Gasteiger partial charge is 0.331 e. The molecule has 0 saturated heterocycles. The van der Waals surface area contributed by atoms with Gasteiger partial charge in [-0.1, -0.05) is 23.7 Å². The number of rotatable bonds is 1. The number of nitriles is 1. The van der Waals surface area contributed by atoms with Gasteiger partial charge in [-0.3, -0.25) is 13.9 Å². The van der Waals surface area contributed by atoms with E-state index in [0.29, 0.717) is 10.6 Å². The summed E-state index contributed by atoms with van der Waals surface area (Å²) in [7, 11) is 2.94. The molecule has 1 aromatic heterocycles. The lowest BCUT2D eigenvalue weighted by atomic mass is 9.87. The predicted octanol–water partition coefficient (Wildman–Crippen LogP) is 1.43. The lowest BCUT2D eigenvalue weighted by Crippen LogP contribution is -2.25. The molecule has 1 aromatic carbocycles. The second-order valence-electron chi connectivity index (χ2n) is 5.39. The number of hydrogen-bond donors (Lipinski definition) is 1. The Morgan fingerprint density at radius 2 is 1.83 bits per heavy atom. The van der Waals surface area contributed by atoms with Crippen LogP contribution < -0.4 is 16.2 Å². The number of halogens is 1. The SMILES string of the molecule is Cn1c2c(n(C)c1=O)C(=O)C(c1ccc(Cl)cc1)C(C#N)=C(N)O2. The van der Waals surface area contributed by atoms with Gasteiger partial charge in [0.05, 0.1) is 5.92 Å². The van der Waals surface area contributed by atoms with E-state index in [1.54, 1.807) is 24.3 Å². The standard InChI is InChI=1S/C16H13ClN4O3/c1-20-12-13(22)11(8-3-5-9(17)6-4-8)10(7-18)14(19)24-15(12)21(2)16(20)23/h3-6,11H,19H2,1-2H3. The molecule has 0 fully saturated rings. The molecule has 122 valence electrons. The highest BCUT2D eigenvalue weighted by Gasteiger charge is 2.38. The summed E-state index contributed by atoms with van der Waals surface area (Å²) in [6, 6.07) is 8.46. The monoisotopic (exact) mass is 344 g/mol. The zero-order valence-electron chi connectivity index (χ0n) is 12.9. The van der Waals surface area contributed by atoms with E-state index in [9.17, 15) is 14.9 Å². The van der Waals surface area contributed by atoms with Crippen molar-refractivity contribution in [1.82, 2.24) is 9.13 Å². The van der Waals surface area contributed by atoms with Gasteiger partial charge < -0.3 is 10.5 Å². The minimum absolute atomic E-state index is 0.00836. The molecule has 2 heterocycles. The van der Waals surface area contributed by atoms with E-state index in [2.05, 4.69) is 0 Å². The van der Waals surface area contributed by atoms with Crippen LogP contribution in [0, 0.1) is 11.3 Å². The summed E-state index contributed by atoms with van der Waals surface area (Å²) in [5, 5.41) is 9.98. The molecule has 24 heavy (non-hydrogen) atoms. The number of ketones is 1. The van der Waals surface area contributed by atoms with Crippen molar-refractivity contribution in [2.24, 2.45) is 19.8 Å². The molecule has 1 aliphatic rings. The fourth-order valence-electron chi connectivity index (χ4n) is 2.76. The van der Waals surface area contributed by atoms with Gasteiger partial charge in [0.1, 0.15) is 11.6 Å². The van der Waals surface area contributed by atoms with Gasteiger partial charge in [0.2, 0.25) is 11.8 Å². The average molecular weight is 345 g/mol. The van der Waals surface area contributed by atoms with Crippen LogP contribution in [0.3, 0.4) is 0 Å². The maximum Gasteiger partial charge on any atom is 0.331 e. The first-order valence-corrected chi connectivity index (χ1v) is 7.37. The molecule has 0 radical (unpaired) electrons. The Labute approximate surface area is 142 Å². The number of aromatic nitrogens is 2. The first-order chi connectivity index (χ1) is 11.4. The molecule has 3 rings (SSSR count). The van der Waals surface area contributed by atoms with Crippen LogP contribution in [0.15, 0.2) is 40.5 Å². The Morgan fingerprint density at radius 1 is 1.21 bits per heavy atom. The summed E-state index contributed by atoms with van der Waals surface area (Å²) in [5.41, 5.74) is 6.06. The number of hydrogen-bond acceptors (Lipinski definition) is 5. The molecule has 1 aliphatic heterocycles. The van der Waals surface area contributed by atoms with E-state index in [0.717, 1.165) is 0 Å². The molecule has 2 N–H and O–H groups in total. The maximum atomic E-state index is 13.1.